The highest BCUT2D eigenvalue weighted by molar-refractivity contribution is 5.84. The predicted molar refractivity (Wildman–Crippen MR) is 128 cm³/mol. The summed E-state index contributed by atoms with van der Waals surface area (Å²) >= 11 is 0. The van der Waals surface area contributed by atoms with Crippen molar-refractivity contribution in [2.45, 2.75) is 57.5 Å². The fraction of sp³-hybridized carbons (Fsp3) is 0.444. The molecule has 2 amide bonds. The van der Waals surface area contributed by atoms with Crippen molar-refractivity contribution in [3.8, 4) is 11.1 Å². The first-order valence-corrected chi connectivity index (χ1v) is 12.0. The molecule has 7 heteroatoms. The van der Waals surface area contributed by atoms with Gasteiger partial charge in [-0.1, -0.05) is 61.4 Å². The van der Waals surface area contributed by atoms with Crippen molar-refractivity contribution < 1.29 is 24.2 Å². The maximum atomic E-state index is 13.2. The predicted octanol–water partition coefficient (Wildman–Crippen LogP) is 4.41. The Morgan fingerprint density at radius 3 is 2.18 bits per heavy atom. The van der Waals surface area contributed by atoms with Crippen molar-refractivity contribution in [1.29, 1.82) is 0 Å². The number of aliphatic carboxylic acids is 1. The van der Waals surface area contributed by atoms with Crippen LogP contribution in [0.3, 0.4) is 0 Å². The molecule has 0 bridgehead atoms. The van der Waals surface area contributed by atoms with E-state index >= 15 is 0 Å². The van der Waals surface area contributed by atoms with Gasteiger partial charge in [-0.05, 0) is 48.9 Å². The second-order valence-electron chi connectivity index (χ2n) is 9.42. The number of ether oxygens (including phenoxy) is 1. The van der Waals surface area contributed by atoms with E-state index < -0.39 is 18.0 Å². The van der Waals surface area contributed by atoms with E-state index in [9.17, 15) is 19.5 Å². The number of alkyl carbamates (subject to hydrolysis) is 1. The maximum absolute atomic E-state index is 13.2. The van der Waals surface area contributed by atoms with Gasteiger partial charge in [-0.3, -0.25) is 9.59 Å². The number of carboxylic acids is 1. The quantitative estimate of drug-likeness (QED) is 0.633. The molecule has 7 nitrogen and oxygen atoms in total. The van der Waals surface area contributed by atoms with Crippen molar-refractivity contribution in [3.63, 3.8) is 0 Å². The first-order valence-electron chi connectivity index (χ1n) is 12.0. The molecule has 0 spiro atoms. The average molecular weight is 465 g/mol. The van der Waals surface area contributed by atoms with E-state index in [-0.39, 0.29) is 37.1 Å². The third kappa shape index (κ3) is 4.93. The summed E-state index contributed by atoms with van der Waals surface area (Å²) in [5.41, 5.74) is 4.61. The number of rotatable bonds is 7. The molecule has 0 aromatic heterocycles. The number of benzene rings is 2. The molecule has 2 aromatic rings. The smallest absolute Gasteiger partial charge is 0.407 e. The van der Waals surface area contributed by atoms with Gasteiger partial charge in [-0.15, -0.1) is 0 Å². The normalized spacial score (nSPS) is 19.3. The summed E-state index contributed by atoms with van der Waals surface area (Å²) in [6.07, 6.45) is 2.52. The van der Waals surface area contributed by atoms with Gasteiger partial charge < -0.3 is 20.1 Å². The Balaban J connectivity index is 1.42. The molecule has 0 saturated heterocycles. The third-order valence-corrected chi connectivity index (χ3v) is 6.94. The van der Waals surface area contributed by atoms with Crippen molar-refractivity contribution in [1.82, 2.24) is 10.2 Å². The molecular formula is C27H32N2O5. The minimum Gasteiger partial charge on any atom is -0.480 e. The summed E-state index contributed by atoms with van der Waals surface area (Å²) in [7, 11) is 0. The minimum atomic E-state index is -1.04. The Labute approximate surface area is 200 Å². The second-order valence-corrected chi connectivity index (χ2v) is 9.42. The molecule has 0 unspecified atom stereocenters. The van der Waals surface area contributed by atoms with E-state index in [0.717, 1.165) is 35.1 Å². The highest BCUT2D eigenvalue weighted by Gasteiger charge is 2.37. The van der Waals surface area contributed by atoms with Gasteiger partial charge in [0.05, 0.1) is 5.92 Å². The van der Waals surface area contributed by atoms with Crippen molar-refractivity contribution in [3.05, 3.63) is 59.7 Å². The lowest BCUT2D eigenvalue weighted by Gasteiger charge is -2.36. The maximum Gasteiger partial charge on any atom is 0.407 e. The van der Waals surface area contributed by atoms with Crippen LogP contribution < -0.4 is 5.32 Å². The lowest BCUT2D eigenvalue weighted by molar-refractivity contribution is -0.148. The van der Waals surface area contributed by atoms with E-state index in [0.29, 0.717) is 12.8 Å². The Morgan fingerprint density at radius 1 is 1.00 bits per heavy atom. The number of nitrogens with zero attached hydrogens (tertiary/aromatic N) is 1. The van der Waals surface area contributed by atoms with Gasteiger partial charge >= 0.3 is 12.1 Å². The number of hydrogen-bond donors (Lipinski definition) is 2. The molecule has 34 heavy (non-hydrogen) atoms. The van der Waals surface area contributed by atoms with Crippen LogP contribution in [0.15, 0.2) is 48.5 Å². The van der Waals surface area contributed by atoms with Crippen molar-refractivity contribution in [2.24, 2.45) is 5.92 Å². The fourth-order valence-electron chi connectivity index (χ4n) is 5.26. The van der Waals surface area contributed by atoms with Gasteiger partial charge in [-0.2, -0.15) is 0 Å². The molecule has 1 saturated carbocycles. The summed E-state index contributed by atoms with van der Waals surface area (Å²) in [4.78, 5) is 38.6. The van der Waals surface area contributed by atoms with Crippen LogP contribution in [0.2, 0.25) is 0 Å². The zero-order valence-electron chi connectivity index (χ0n) is 19.7. The van der Waals surface area contributed by atoms with Gasteiger partial charge in [0.2, 0.25) is 5.91 Å². The fourth-order valence-corrected chi connectivity index (χ4v) is 5.26. The molecule has 2 aliphatic carbocycles. The number of carboxylic acid groups (broad SMARTS) is 1. The van der Waals surface area contributed by atoms with E-state index in [2.05, 4.69) is 29.6 Å². The topological polar surface area (TPSA) is 95.9 Å². The number of carbonyl (C=O) groups excluding carboxylic acids is 2. The molecule has 180 valence electrons. The highest BCUT2D eigenvalue weighted by atomic mass is 16.5. The summed E-state index contributed by atoms with van der Waals surface area (Å²) < 4.78 is 5.67. The van der Waals surface area contributed by atoms with Gasteiger partial charge in [0.1, 0.15) is 13.2 Å². The molecule has 0 aliphatic heterocycles. The number of fused-ring (bicyclic) bond motifs is 3. The van der Waals surface area contributed by atoms with E-state index in [1.54, 1.807) is 13.8 Å². The van der Waals surface area contributed by atoms with Crippen LogP contribution in [-0.2, 0) is 14.3 Å². The van der Waals surface area contributed by atoms with Gasteiger partial charge in [0, 0.05) is 18.0 Å². The second kappa shape index (κ2) is 10.3. The molecule has 4 rings (SSSR count). The van der Waals surface area contributed by atoms with Crippen molar-refractivity contribution in [2.75, 3.05) is 13.2 Å². The highest BCUT2D eigenvalue weighted by Crippen LogP contribution is 2.44. The SMILES string of the molecule is CC(C)N(CC(=O)O)C(=O)[C@H]1CCCC[C@H]1NC(=O)OCC1c2ccccc2-c2ccccc21. The summed E-state index contributed by atoms with van der Waals surface area (Å²) in [6.45, 7) is 3.47. The number of amides is 2. The Bertz CT molecular complexity index is 1020. The number of carbonyl (C=O) groups is 3. The summed E-state index contributed by atoms with van der Waals surface area (Å²) in [5, 5.41) is 12.1. The Kier molecular flexibility index (Phi) is 7.20. The molecule has 2 aromatic carbocycles. The van der Waals surface area contributed by atoms with E-state index in [1.165, 1.54) is 4.90 Å². The molecule has 1 fully saturated rings. The van der Waals surface area contributed by atoms with Gasteiger partial charge in [-0.25, -0.2) is 4.79 Å². The minimum absolute atomic E-state index is 0.0334. The summed E-state index contributed by atoms with van der Waals surface area (Å²) in [5.74, 6) is -1.75. The average Bonchev–Trinajstić information content (AvgIpc) is 3.14. The van der Waals surface area contributed by atoms with Crippen LogP contribution in [0.4, 0.5) is 4.79 Å². The monoisotopic (exact) mass is 464 g/mol. The largest absolute Gasteiger partial charge is 0.480 e. The number of hydrogen-bond acceptors (Lipinski definition) is 4. The zero-order valence-corrected chi connectivity index (χ0v) is 19.7. The Morgan fingerprint density at radius 2 is 1.59 bits per heavy atom. The first-order chi connectivity index (χ1) is 16.4. The molecule has 0 heterocycles. The first kappa shape index (κ1) is 23.8. The van der Waals surface area contributed by atoms with Crippen molar-refractivity contribution >= 4 is 18.0 Å². The van der Waals surface area contributed by atoms with Crippen LogP contribution in [0.25, 0.3) is 11.1 Å². The molecule has 2 aliphatic rings. The zero-order chi connectivity index (χ0) is 24.2. The van der Waals surface area contributed by atoms with Crippen LogP contribution in [0.1, 0.15) is 56.6 Å². The van der Waals surface area contributed by atoms with Gasteiger partial charge in [0.25, 0.3) is 0 Å². The van der Waals surface area contributed by atoms with Crippen LogP contribution in [-0.4, -0.2) is 53.2 Å². The lowest BCUT2D eigenvalue weighted by atomic mass is 9.83. The molecule has 2 atom stereocenters. The molecule has 0 radical (unpaired) electrons. The van der Waals surface area contributed by atoms with Crippen LogP contribution in [0.5, 0.6) is 0 Å². The third-order valence-electron chi connectivity index (χ3n) is 6.94. The summed E-state index contributed by atoms with van der Waals surface area (Å²) in [6, 6.07) is 15.7. The van der Waals surface area contributed by atoms with Crippen LogP contribution in [0, 0.1) is 5.92 Å². The van der Waals surface area contributed by atoms with E-state index in [4.69, 9.17) is 4.74 Å². The Hall–Kier alpha value is -3.35. The van der Waals surface area contributed by atoms with Crippen LogP contribution >= 0.6 is 0 Å². The molecule has 2 N–H and O–H groups in total. The standard InChI is InChI=1S/C27H32N2O5/c1-17(2)29(15-25(30)31)26(32)22-13-7-8-14-24(22)28-27(33)34-16-23-20-11-5-3-9-18(20)19-10-4-6-12-21(19)23/h3-6,9-12,17,22-24H,7-8,13-16H2,1-2H3,(H,28,33)(H,30,31)/t22-,24+/m0/s1. The number of nitrogens with one attached hydrogen (secondary N) is 1. The van der Waals surface area contributed by atoms with E-state index in [1.807, 2.05) is 24.3 Å². The molecular weight excluding hydrogens is 432 g/mol. The van der Waals surface area contributed by atoms with Gasteiger partial charge in [0.15, 0.2) is 0 Å². The lowest BCUT2D eigenvalue weighted by Crippen LogP contribution is -2.52.